The van der Waals surface area contributed by atoms with E-state index in [9.17, 15) is 4.79 Å². The molecule has 0 bridgehead atoms. The maximum absolute atomic E-state index is 12.7. The molecule has 1 amide bonds. The topological polar surface area (TPSA) is 88.8 Å². The van der Waals surface area contributed by atoms with Crippen LogP contribution in [0.2, 0.25) is 0 Å². The minimum atomic E-state index is -0.260. The van der Waals surface area contributed by atoms with Crippen molar-refractivity contribution < 1.29 is 4.79 Å². The van der Waals surface area contributed by atoms with Crippen LogP contribution >= 0.6 is 0 Å². The maximum Gasteiger partial charge on any atom is 0.289 e. The number of carbonyl (C=O) groups is 1. The number of hydrogen-bond acceptors (Lipinski definition) is 6. The SMILES string of the molecule is CC1CCN(c2nc(C(=O)NCCc3ccncc3)nc3c2cnn3C)CC1. The highest BCUT2D eigenvalue weighted by Crippen LogP contribution is 2.27. The molecular weight excluding hydrogens is 354 g/mol. The fourth-order valence-electron chi connectivity index (χ4n) is 3.52. The molecule has 1 aliphatic rings. The summed E-state index contributed by atoms with van der Waals surface area (Å²) in [6, 6.07) is 3.89. The third kappa shape index (κ3) is 3.81. The number of piperidine rings is 1. The lowest BCUT2D eigenvalue weighted by Crippen LogP contribution is -2.34. The van der Waals surface area contributed by atoms with Gasteiger partial charge in [-0.15, -0.1) is 0 Å². The number of nitrogens with one attached hydrogen (secondary N) is 1. The zero-order valence-corrected chi connectivity index (χ0v) is 16.3. The maximum atomic E-state index is 12.7. The molecule has 4 heterocycles. The highest BCUT2D eigenvalue weighted by atomic mass is 16.2. The van der Waals surface area contributed by atoms with Gasteiger partial charge < -0.3 is 10.2 Å². The van der Waals surface area contributed by atoms with Crippen molar-refractivity contribution in [2.45, 2.75) is 26.2 Å². The summed E-state index contributed by atoms with van der Waals surface area (Å²) in [5, 5.41) is 8.14. The van der Waals surface area contributed by atoms with Gasteiger partial charge in [0.05, 0.1) is 11.6 Å². The number of hydrogen-bond donors (Lipinski definition) is 1. The second-order valence-electron chi connectivity index (χ2n) is 7.41. The fourth-order valence-corrected chi connectivity index (χ4v) is 3.52. The Labute approximate surface area is 164 Å². The van der Waals surface area contributed by atoms with Crippen LogP contribution < -0.4 is 10.2 Å². The quantitative estimate of drug-likeness (QED) is 0.729. The molecule has 1 saturated heterocycles. The second-order valence-corrected chi connectivity index (χ2v) is 7.41. The molecule has 3 aromatic rings. The lowest BCUT2D eigenvalue weighted by atomic mass is 9.99. The van der Waals surface area contributed by atoms with Crippen molar-refractivity contribution >= 4 is 22.8 Å². The summed E-state index contributed by atoms with van der Waals surface area (Å²) in [6.07, 6.45) is 8.27. The summed E-state index contributed by atoms with van der Waals surface area (Å²) >= 11 is 0. The molecule has 0 unspecified atom stereocenters. The molecule has 0 saturated carbocycles. The van der Waals surface area contributed by atoms with E-state index in [1.165, 1.54) is 0 Å². The zero-order chi connectivity index (χ0) is 19.5. The van der Waals surface area contributed by atoms with E-state index in [4.69, 9.17) is 0 Å². The van der Waals surface area contributed by atoms with Crippen LogP contribution in [0.25, 0.3) is 11.0 Å². The predicted octanol–water partition coefficient (Wildman–Crippen LogP) is 1.97. The molecule has 0 spiro atoms. The molecule has 4 rings (SSSR count). The van der Waals surface area contributed by atoms with E-state index in [1.54, 1.807) is 23.3 Å². The number of rotatable bonds is 5. The van der Waals surface area contributed by atoms with E-state index in [2.05, 4.69) is 37.2 Å². The Hall–Kier alpha value is -3.03. The van der Waals surface area contributed by atoms with E-state index in [0.717, 1.165) is 55.0 Å². The molecule has 8 heteroatoms. The summed E-state index contributed by atoms with van der Waals surface area (Å²) in [6.45, 7) is 4.67. The molecule has 0 aromatic carbocycles. The van der Waals surface area contributed by atoms with Crippen molar-refractivity contribution in [1.82, 2.24) is 30.0 Å². The number of amides is 1. The first-order chi connectivity index (χ1) is 13.6. The fraction of sp³-hybridized carbons (Fsp3) is 0.450. The Morgan fingerprint density at radius 1 is 1.21 bits per heavy atom. The second kappa shape index (κ2) is 7.92. The monoisotopic (exact) mass is 379 g/mol. The van der Waals surface area contributed by atoms with Gasteiger partial charge in [-0.05, 0) is 42.9 Å². The number of nitrogens with zero attached hydrogens (tertiary/aromatic N) is 6. The van der Waals surface area contributed by atoms with Crippen molar-refractivity contribution in [3.63, 3.8) is 0 Å². The van der Waals surface area contributed by atoms with Crippen LogP contribution in [0, 0.1) is 5.92 Å². The summed E-state index contributed by atoms with van der Waals surface area (Å²) in [7, 11) is 1.84. The number of carbonyl (C=O) groups excluding carboxylic acids is 1. The Kier molecular flexibility index (Phi) is 5.18. The smallest absolute Gasteiger partial charge is 0.289 e. The van der Waals surface area contributed by atoms with Crippen molar-refractivity contribution in [2.24, 2.45) is 13.0 Å². The predicted molar refractivity (Wildman–Crippen MR) is 107 cm³/mol. The van der Waals surface area contributed by atoms with Crippen LogP contribution in [0.5, 0.6) is 0 Å². The molecule has 28 heavy (non-hydrogen) atoms. The lowest BCUT2D eigenvalue weighted by Gasteiger charge is -2.31. The molecule has 8 nitrogen and oxygen atoms in total. The Balaban J connectivity index is 1.54. The lowest BCUT2D eigenvalue weighted by molar-refractivity contribution is 0.0944. The van der Waals surface area contributed by atoms with Crippen LogP contribution in [0.4, 0.5) is 5.82 Å². The average molecular weight is 379 g/mol. The van der Waals surface area contributed by atoms with Crippen LogP contribution in [-0.2, 0) is 13.5 Å². The number of pyridine rings is 1. The van der Waals surface area contributed by atoms with Gasteiger partial charge >= 0.3 is 0 Å². The largest absolute Gasteiger partial charge is 0.356 e. The number of aryl methyl sites for hydroxylation is 1. The van der Waals surface area contributed by atoms with Gasteiger partial charge in [-0.3, -0.25) is 14.5 Å². The van der Waals surface area contributed by atoms with E-state index in [1.807, 2.05) is 19.2 Å². The van der Waals surface area contributed by atoms with E-state index < -0.39 is 0 Å². The Morgan fingerprint density at radius 2 is 1.96 bits per heavy atom. The molecule has 1 N–H and O–H groups in total. The van der Waals surface area contributed by atoms with Gasteiger partial charge in [0.1, 0.15) is 5.82 Å². The normalized spacial score (nSPS) is 15.1. The summed E-state index contributed by atoms with van der Waals surface area (Å²) in [5.41, 5.74) is 1.81. The molecule has 0 atom stereocenters. The van der Waals surface area contributed by atoms with Gasteiger partial charge in [0.25, 0.3) is 5.91 Å². The van der Waals surface area contributed by atoms with Crippen LogP contribution in [-0.4, -0.2) is 50.3 Å². The summed E-state index contributed by atoms with van der Waals surface area (Å²) in [5.74, 6) is 1.46. The van der Waals surface area contributed by atoms with Crippen LogP contribution in [0.1, 0.15) is 35.9 Å². The first kappa shape index (κ1) is 18.3. The minimum Gasteiger partial charge on any atom is -0.356 e. The van der Waals surface area contributed by atoms with Gasteiger partial charge in [0.2, 0.25) is 5.82 Å². The Morgan fingerprint density at radius 3 is 2.71 bits per heavy atom. The first-order valence-corrected chi connectivity index (χ1v) is 9.73. The van der Waals surface area contributed by atoms with Crippen LogP contribution in [0.3, 0.4) is 0 Å². The van der Waals surface area contributed by atoms with Gasteiger partial charge in [-0.1, -0.05) is 6.92 Å². The average Bonchev–Trinajstić information content (AvgIpc) is 3.10. The zero-order valence-electron chi connectivity index (χ0n) is 16.3. The van der Waals surface area contributed by atoms with Crippen molar-refractivity contribution in [3.05, 3.63) is 42.1 Å². The molecular formula is C20H25N7O. The summed E-state index contributed by atoms with van der Waals surface area (Å²) in [4.78, 5) is 28.1. The standard InChI is InChI=1S/C20H25N7O/c1-14-6-11-27(12-7-14)19-16-13-23-26(2)18(16)24-17(25-19)20(28)22-10-5-15-3-8-21-9-4-15/h3-4,8-9,13-14H,5-7,10-12H2,1-2H3,(H,22,28). The third-order valence-electron chi connectivity index (χ3n) is 5.31. The van der Waals surface area contributed by atoms with Gasteiger partial charge in [0.15, 0.2) is 5.65 Å². The van der Waals surface area contributed by atoms with Crippen molar-refractivity contribution in [1.29, 1.82) is 0 Å². The highest BCUT2D eigenvalue weighted by Gasteiger charge is 2.23. The third-order valence-corrected chi connectivity index (χ3v) is 5.31. The van der Waals surface area contributed by atoms with Crippen molar-refractivity contribution in [3.8, 4) is 0 Å². The Bertz CT molecular complexity index is 961. The molecule has 146 valence electrons. The number of anilines is 1. The number of fused-ring (bicyclic) bond motifs is 1. The molecule has 1 aliphatic heterocycles. The van der Waals surface area contributed by atoms with E-state index in [-0.39, 0.29) is 11.7 Å². The minimum absolute atomic E-state index is 0.194. The number of aromatic nitrogens is 5. The summed E-state index contributed by atoms with van der Waals surface area (Å²) < 4.78 is 1.70. The molecule has 0 aliphatic carbocycles. The van der Waals surface area contributed by atoms with E-state index >= 15 is 0 Å². The molecule has 0 radical (unpaired) electrons. The first-order valence-electron chi connectivity index (χ1n) is 9.73. The van der Waals surface area contributed by atoms with Gasteiger partial charge in [-0.25, -0.2) is 9.97 Å². The van der Waals surface area contributed by atoms with E-state index in [0.29, 0.717) is 12.2 Å². The van der Waals surface area contributed by atoms with Gasteiger partial charge in [0, 0.05) is 39.1 Å². The van der Waals surface area contributed by atoms with Gasteiger partial charge in [-0.2, -0.15) is 5.10 Å². The molecule has 1 fully saturated rings. The highest BCUT2D eigenvalue weighted by molar-refractivity contribution is 5.95. The van der Waals surface area contributed by atoms with Crippen molar-refractivity contribution in [2.75, 3.05) is 24.5 Å². The molecule has 3 aromatic heterocycles. The van der Waals surface area contributed by atoms with Crippen LogP contribution in [0.15, 0.2) is 30.7 Å².